The molecular weight excluding hydrogens is 190 g/mol. The Kier molecular flexibility index (Phi) is 2.72. The molecule has 13 heavy (non-hydrogen) atoms. The summed E-state index contributed by atoms with van der Waals surface area (Å²) in [5, 5.41) is 2.64. The first-order chi connectivity index (χ1) is 6.06. The van der Waals surface area contributed by atoms with Crippen molar-refractivity contribution in [2.45, 2.75) is 6.92 Å². The Labute approximate surface area is 81.1 Å². The number of nitrogens with zero attached hydrogens (tertiary/aromatic N) is 1. The lowest BCUT2D eigenvalue weighted by Crippen LogP contribution is -2.20. The molecule has 1 amide bonds. The van der Waals surface area contributed by atoms with Crippen molar-refractivity contribution in [2.75, 3.05) is 12.8 Å². The van der Waals surface area contributed by atoms with Crippen LogP contribution in [0.15, 0.2) is 6.07 Å². The van der Waals surface area contributed by atoms with E-state index in [1.54, 1.807) is 13.0 Å². The van der Waals surface area contributed by atoms with Crippen molar-refractivity contribution in [3.8, 4) is 0 Å². The van der Waals surface area contributed by atoms with E-state index in [2.05, 4.69) is 10.3 Å². The summed E-state index contributed by atoms with van der Waals surface area (Å²) >= 11 is 5.70. The fourth-order valence-corrected chi connectivity index (χ4v) is 1.20. The predicted octanol–water partition coefficient (Wildman–Crippen LogP) is 0.985. The average molecular weight is 200 g/mol. The summed E-state index contributed by atoms with van der Waals surface area (Å²) in [4.78, 5) is 15.2. The molecule has 0 spiro atoms. The summed E-state index contributed by atoms with van der Waals surface area (Å²) < 4.78 is 0. The quantitative estimate of drug-likeness (QED) is 0.663. The number of aryl methyl sites for hydroxylation is 1. The molecule has 0 unspecified atom stereocenters. The number of nitrogen functional groups attached to an aromatic ring is 1. The first-order valence-corrected chi connectivity index (χ1v) is 4.08. The molecule has 0 bridgehead atoms. The van der Waals surface area contributed by atoms with Crippen molar-refractivity contribution >= 4 is 23.2 Å². The molecule has 70 valence electrons. The molecular formula is C8H10ClN3O. The second-order valence-electron chi connectivity index (χ2n) is 2.59. The summed E-state index contributed by atoms with van der Waals surface area (Å²) in [5.41, 5.74) is 6.81. The van der Waals surface area contributed by atoms with Gasteiger partial charge in [0.15, 0.2) is 5.15 Å². The minimum Gasteiger partial charge on any atom is -0.396 e. The molecule has 0 radical (unpaired) electrons. The van der Waals surface area contributed by atoms with E-state index < -0.39 is 0 Å². The molecule has 0 aliphatic rings. The maximum atomic E-state index is 11.3. The monoisotopic (exact) mass is 199 g/mol. The second-order valence-corrected chi connectivity index (χ2v) is 2.95. The number of carbonyl (C=O) groups excluding carboxylic acids is 1. The van der Waals surface area contributed by atoms with Gasteiger partial charge in [0, 0.05) is 12.7 Å². The van der Waals surface area contributed by atoms with Crippen molar-refractivity contribution in [3.63, 3.8) is 0 Å². The predicted molar refractivity (Wildman–Crippen MR) is 51.8 cm³/mol. The Balaban J connectivity index is 3.28. The molecule has 5 heteroatoms. The van der Waals surface area contributed by atoms with Crippen molar-refractivity contribution in [2.24, 2.45) is 0 Å². The zero-order valence-corrected chi connectivity index (χ0v) is 8.14. The average Bonchev–Trinajstić information content (AvgIpc) is 2.10. The normalized spacial score (nSPS) is 9.77. The number of aromatic nitrogens is 1. The number of pyridine rings is 1. The zero-order chi connectivity index (χ0) is 10.0. The number of hydrogen-bond donors (Lipinski definition) is 2. The van der Waals surface area contributed by atoms with Crippen LogP contribution in [0.5, 0.6) is 0 Å². The fraction of sp³-hybridized carbons (Fsp3) is 0.250. The molecule has 3 N–H and O–H groups in total. The summed E-state index contributed by atoms with van der Waals surface area (Å²) in [5.74, 6) is -0.259. The number of amides is 1. The maximum Gasteiger partial charge on any atom is 0.253 e. The molecule has 0 aliphatic carbocycles. The number of carbonyl (C=O) groups is 1. The number of rotatable bonds is 1. The van der Waals surface area contributed by atoms with Gasteiger partial charge in [-0.25, -0.2) is 4.98 Å². The van der Waals surface area contributed by atoms with E-state index in [9.17, 15) is 4.79 Å². The molecule has 4 nitrogen and oxygen atoms in total. The van der Waals surface area contributed by atoms with Crippen molar-refractivity contribution in [1.29, 1.82) is 0 Å². The number of halogens is 1. The summed E-state index contributed by atoms with van der Waals surface area (Å²) in [6.45, 7) is 1.75. The number of nitrogens with one attached hydrogen (secondary N) is 1. The fourth-order valence-electron chi connectivity index (χ4n) is 0.968. The Morgan fingerprint density at radius 2 is 2.31 bits per heavy atom. The minimum atomic E-state index is -0.259. The highest BCUT2D eigenvalue weighted by molar-refractivity contribution is 6.32. The third-order valence-electron chi connectivity index (χ3n) is 1.61. The first kappa shape index (κ1) is 9.80. The van der Waals surface area contributed by atoms with Crippen molar-refractivity contribution in [1.82, 2.24) is 10.3 Å². The van der Waals surface area contributed by atoms with Crippen molar-refractivity contribution in [3.05, 3.63) is 22.5 Å². The van der Waals surface area contributed by atoms with Gasteiger partial charge < -0.3 is 11.1 Å². The summed E-state index contributed by atoms with van der Waals surface area (Å²) in [7, 11) is 1.53. The molecule has 1 rings (SSSR count). The number of hydrogen-bond acceptors (Lipinski definition) is 3. The van der Waals surface area contributed by atoms with Gasteiger partial charge in [-0.2, -0.15) is 0 Å². The van der Waals surface area contributed by atoms with Crippen LogP contribution in [-0.4, -0.2) is 17.9 Å². The molecule has 0 fully saturated rings. The SMILES string of the molecule is CNC(=O)c1cc(C)nc(Cl)c1N. The standard InChI is InChI=1S/C8H10ClN3O/c1-4-3-5(8(13)11-2)6(10)7(9)12-4/h3H,10H2,1-2H3,(H,11,13). The number of nitrogens with two attached hydrogens (primary N) is 1. The highest BCUT2D eigenvalue weighted by atomic mass is 35.5. The molecule has 0 aliphatic heterocycles. The van der Waals surface area contributed by atoms with Gasteiger partial charge in [-0.15, -0.1) is 0 Å². The van der Waals surface area contributed by atoms with Crippen LogP contribution >= 0.6 is 11.6 Å². The van der Waals surface area contributed by atoms with Crippen LogP contribution in [0.25, 0.3) is 0 Å². The van der Waals surface area contributed by atoms with Crippen LogP contribution in [0.3, 0.4) is 0 Å². The van der Waals surface area contributed by atoms with E-state index in [1.165, 1.54) is 7.05 Å². The lowest BCUT2D eigenvalue weighted by molar-refractivity contribution is 0.0964. The summed E-state index contributed by atoms with van der Waals surface area (Å²) in [6.07, 6.45) is 0. The lowest BCUT2D eigenvalue weighted by Gasteiger charge is -2.06. The van der Waals surface area contributed by atoms with Gasteiger partial charge >= 0.3 is 0 Å². The third kappa shape index (κ3) is 1.89. The highest BCUT2D eigenvalue weighted by Gasteiger charge is 2.12. The Bertz CT molecular complexity index is 351. The summed E-state index contributed by atoms with van der Waals surface area (Å²) in [6, 6.07) is 1.60. The Morgan fingerprint density at radius 1 is 1.69 bits per heavy atom. The van der Waals surface area contributed by atoms with Crippen LogP contribution in [0.4, 0.5) is 5.69 Å². The smallest absolute Gasteiger partial charge is 0.253 e. The van der Waals surface area contributed by atoms with E-state index in [1.807, 2.05) is 0 Å². The van der Waals surface area contributed by atoms with Gasteiger partial charge in [0.05, 0.1) is 11.3 Å². The molecule has 0 saturated heterocycles. The van der Waals surface area contributed by atoms with Gasteiger partial charge in [-0.05, 0) is 13.0 Å². The van der Waals surface area contributed by atoms with Crippen molar-refractivity contribution < 1.29 is 4.79 Å². The molecule has 0 atom stereocenters. The molecule has 1 aromatic heterocycles. The maximum absolute atomic E-state index is 11.3. The Hall–Kier alpha value is -1.29. The topological polar surface area (TPSA) is 68.0 Å². The Morgan fingerprint density at radius 3 is 2.85 bits per heavy atom. The minimum absolute atomic E-state index is 0.165. The zero-order valence-electron chi connectivity index (χ0n) is 7.39. The largest absolute Gasteiger partial charge is 0.396 e. The van der Waals surface area contributed by atoms with E-state index in [0.29, 0.717) is 11.3 Å². The second kappa shape index (κ2) is 3.62. The lowest BCUT2D eigenvalue weighted by atomic mass is 10.2. The van der Waals surface area contributed by atoms with Crippen LogP contribution in [-0.2, 0) is 0 Å². The highest BCUT2D eigenvalue weighted by Crippen LogP contribution is 2.21. The van der Waals surface area contributed by atoms with Gasteiger partial charge in [-0.3, -0.25) is 4.79 Å². The van der Waals surface area contributed by atoms with Crippen LogP contribution < -0.4 is 11.1 Å². The van der Waals surface area contributed by atoms with Crippen LogP contribution in [0.2, 0.25) is 5.15 Å². The van der Waals surface area contributed by atoms with Gasteiger partial charge in [0.2, 0.25) is 0 Å². The molecule has 1 aromatic rings. The van der Waals surface area contributed by atoms with Gasteiger partial charge in [0.1, 0.15) is 0 Å². The molecule has 0 saturated carbocycles. The van der Waals surface area contributed by atoms with E-state index in [4.69, 9.17) is 17.3 Å². The van der Waals surface area contributed by atoms with Crippen LogP contribution in [0, 0.1) is 6.92 Å². The van der Waals surface area contributed by atoms with E-state index in [-0.39, 0.29) is 16.7 Å². The number of anilines is 1. The molecule has 0 aromatic carbocycles. The van der Waals surface area contributed by atoms with Gasteiger partial charge in [0.25, 0.3) is 5.91 Å². The van der Waals surface area contributed by atoms with Gasteiger partial charge in [-0.1, -0.05) is 11.6 Å². The molecule has 1 heterocycles. The first-order valence-electron chi connectivity index (χ1n) is 3.71. The third-order valence-corrected chi connectivity index (χ3v) is 1.90. The van der Waals surface area contributed by atoms with Crippen LogP contribution in [0.1, 0.15) is 16.1 Å². The van der Waals surface area contributed by atoms with E-state index >= 15 is 0 Å². The van der Waals surface area contributed by atoms with E-state index in [0.717, 1.165) is 0 Å².